The summed E-state index contributed by atoms with van der Waals surface area (Å²) in [5.41, 5.74) is 2.46. The molecule has 0 aliphatic heterocycles. The summed E-state index contributed by atoms with van der Waals surface area (Å²) >= 11 is 0. The van der Waals surface area contributed by atoms with Crippen LogP contribution in [0.5, 0.6) is 11.5 Å². The number of hydrogen-bond acceptors (Lipinski definition) is 2. The van der Waals surface area contributed by atoms with E-state index in [0.29, 0.717) is 0 Å². The molecule has 0 saturated heterocycles. The van der Waals surface area contributed by atoms with E-state index in [0.717, 1.165) is 23.5 Å². The Labute approximate surface area is 121 Å². The summed E-state index contributed by atoms with van der Waals surface area (Å²) in [5, 5.41) is 0. The Morgan fingerprint density at radius 2 is 1.30 bits per heavy atom. The van der Waals surface area contributed by atoms with E-state index in [4.69, 9.17) is 9.47 Å². The topological polar surface area (TPSA) is 18.5 Å². The highest BCUT2D eigenvalue weighted by Gasteiger charge is 1.89. The Morgan fingerprint density at radius 1 is 0.850 bits per heavy atom. The highest BCUT2D eigenvalue weighted by molar-refractivity contribution is 5.48. The van der Waals surface area contributed by atoms with Gasteiger partial charge in [0.1, 0.15) is 11.5 Å². The van der Waals surface area contributed by atoms with E-state index in [1.165, 1.54) is 5.56 Å². The third kappa shape index (κ3) is 5.19. The average molecular weight is 270 g/mol. The molecule has 20 heavy (non-hydrogen) atoms. The molecule has 0 heterocycles. The molecule has 0 fully saturated rings. The summed E-state index contributed by atoms with van der Waals surface area (Å²) in [7, 11) is 3.34. The molecule has 0 amide bonds. The van der Waals surface area contributed by atoms with Crippen molar-refractivity contribution in [2.75, 3.05) is 14.2 Å². The van der Waals surface area contributed by atoms with Crippen LogP contribution in [0.1, 0.15) is 18.1 Å². The third-order valence-electron chi connectivity index (χ3n) is 2.92. The minimum atomic E-state index is 0.880. The smallest absolute Gasteiger partial charge is 0.118 e. The first-order valence-electron chi connectivity index (χ1n) is 6.63. The summed E-state index contributed by atoms with van der Waals surface area (Å²) in [5.74, 6) is 1.81. The first-order valence-corrected chi connectivity index (χ1v) is 6.63. The second-order valence-corrected chi connectivity index (χ2v) is 4.18. The molecule has 0 aliphatic carbocycles. The Kier molecular flexibility index (Phi) is 6.97. The van der Waals surface area contributed by atoms with Gasteiger partial charge in [-0.05, 0) is 41.8 Å². The van der Waals surface area contributed by atoms with E-state index in [-0.39, 0.29) is 0 Å². The fourth-order valence-electron chi connectivity index (χ4n) is 1.60. The van der Waals surface area contributed by atoms with Gasteiger partial charge in [-0.3, -0.25) is 0 Å². The molecule has 0 aromatic heterocycles. The van der Waals surface area contributed by atoms with Gasteiger partial charge in [0, 0.05) is 0 Å². The van der Waals surface area contributed by atoms with Crippen molar-refractivity contribution < 1.29 is 9.47 Å². The summed E-state index contributed by atoms with van der Waals surface area (Å²) < 4.78 is 9.99. The normalized spacial score (nSPS) is 9.15. The van der Waals surface area contributed by atoms with Crippen molar-refractivity contribution in [1.82, 2.24) is 0 Å². The molecule has 0 bridgehead atoms. The number of rotatable bonds is 4. The second-order valence-electron chi connectivity index (χ2n) is 4.18. The van der Waals surface area contributed by atoms with Crippen LogP contribution in [0.2, 0.25) is 0 Å². The molecule has 2 aromatic rings. The number of ether oxygens (including phenoxy) is 2. The molecule has 0 aliphatic rings. The van der Waals surface area contributed by atoms with Gasteiger partial charge in [-0.1, -0.05) is 43.8 Å². The molecule has 0 unspecified atom stereocenters. The van der Waals surface area contributed by atoms with Crippen LogP contribution in [0.25, 0.3) is 6.08 Å². The molecule has 2 rings (SSSR count). The Bertz CT molecular complexity index is 475. The van der Waals surface area contributed by atoms with Gasteiger partial charge >= 0.3 is 0 Å². The molecular weight excluding hydrogens is 248 g/mol. The monoisotopic (exact) mass is 270 g/mol. The minimum Gasteiger partial charge on any atom is -0.497 e. The Morgan fingerprint density at radius 3 is 1.65 bits per heavy atom. The number of hydrogen-bond donors (Lipinski definition) is 0. The third-order valence-corrected chi connectivity index (χ3v) is 2.92. The Hall–Kier alpha value is -2.22. The zero-order valence-corrected chi connectivity index (χ0v) is 12.4. The fourth-order valence-corrected chi connectivity index (χ4v) is 1.60. The molecule has 0 radical (unpaired) electrons. The van der Waals surface area contributed by atoms with E-state index in [1.807, 2.05) is 36.4 Å². The quantitative estimate of drug-likeness (QED) is 0.808. The molecule has 2 aromatic carbocycles. The van der Waals surface area contributed by atoms with Crippen LogP contribution >= 0.6 is 0 Å². The first kappa shape index (κ1) is 15.8. The van der Waals surface area contributed by atoms with Gasteiger partial charge in [-0.25, -0.2) is 0 Å². The lowest BCUT2D eigenvalue weighted by atomic mass is 10.2. The molecule has 0 N–H and O–H groups in total. The zero-order chi connectivity index (χ0) is 14.8. The predicted octanol–water partition coefficient (Wildman–Crippen LogP) is 4.60. The van der Waals surface area contributed by atoms with Crippen LogP contribution in [0.15, 0.2) is 55.1 Å². The van der Waals surface area contributed by atoms with Gasteiger partial charge in [-0.15, -0.1) is 0 Å². The maximum absolute atomic E-state index is 5.01. The largest absolute Gasteiger partial charge is 0.497 e. The fraction of sp³-hybridized carbons (Fsp3) is 0.222. The van der Waals surface area contributed by atoms with Crippen LogP contribution in [0.3, 0.4) is 0 Å². The highest BCUT2D eigenvalue weighted by atomic mass is 16.5. The van der Waals surface area contributed by atoms with Gasteiger partial charge in [0.2, 0.25) is 0 Å². The lowest BCUT2D eigenvalue weighted by Crippen LogP contribution is -1.83. The lowest BCUT2D eigenvalue weighted by molar-refractivity contribution is 0.414. The van der Waals surface area contributed by atoms with Crippen molar-refractivity contribution in [3.8, 4) is 11.5 Å². The van der Waals surface area contributed by atoms with Gasteiger partial charge in [0.25, 0.3) is 0 Å². The van der Waals surface area contributed by atoms with Crippen molar-refractivity contribution >= 4 is 6.08 Å². The summed E-state index contributed by atoms with van der Waals surface area (Å²) in [6.45, 7) is 5.79. The van der Waals surface area contributed by atoms with Crippen LogP contribution in [0, 0.1) is 0 Å². The molecule has 106 valence electrons. The van der Waals surface area contributed by atoms with Gasteiger partial charge in [-0.2, -0.15) is 0 Å². The summed E-state index contributed by atoms with van der Waals surface area (Å²) in [6, 6.07) is 15.9. The zero-order valence-electron chi connectivity index (χ0n) is 12.4. The SMILES string of the molecule is C=Cc1ccc(OC)cc1.CCc1ccc(OC)cc1. The maximum Gasteiger partial charge on any atom is 0.118 e. The minimum absolute atomic E-state index is 0.880. The van der Waals surface area contributed by atoms with Crippen LogP contribution in [0.4, 0.5) is 0 Å². The molecule has 2 nitrogen and oxygen atoms in total. The molecule has 0 saturated carbocycles. The van der Waals surface area contributed by atoms with E-state index < -0.39 is 0 Å². The lowest BCUT2D eigenvalue weighted by Gasteiger charge is -1.99. The predicted molar refractivity (Wildman–Crippen MR) is 85.5 cm³/mol. The Balaban J connectivity index is 0.000000200. The van der Waals surface area contributed by atoms with E-state index in [9.17, 15) is 0 Å². The van der Waals surface area contributed by atoms with Gasteiger partial charge in [0.05, 0.1) is 14.2 Å². The molecule has 0 atom stereocenters. The average Bonchev–Trinajstić information content (AvgIpc) is 2.55. The first-order chi connectivity index (χ1) is 9.73. The summed E-state index contributed by atoms with van der Waals surface area (Å²) in [6.07, 6.45) is 2.89. The van der Waals surface area contributed by atoms with Crippen molar-refractivity contribution in [2.24, 2.45) is 0 Å². The summed E-state index contributed by atoms with van der Waals surface area (Å²) in [4.78, 5) is 0. The van der Waals surface area contributed by atoms with Gasteiger partial charge in [0.15, 0.2) is 0 Å². The van der Waals surface area contributed by atoms with E-state index >= 15 is 0 Å². The number of benzene rings is 2. The van der Waals surface area contributed by atoms with Crippen molar-refractivity contribution in [2.45, 2.75) is 13.3 Å². The standard InChI is InChI=1S/C9H12O.C9H10O/c2*1-3-8-4-6-9(10-2)7-5-8/h4-7H,3H2,1-2H3;3-7H,1H2,2H3. The van der Waals surface area contributed by atoms with Crippen molar-refractivity contribution in [3.63, 3.8) is 0 Å². The van der Waals surface area contributed by atoms with Gasteiger partial charge < -0.3 is 9.47 Å². The maximum atomic E-state index is 5.01. The van der Waals surface area contributed by atoms with Crippen LogP contribution in [-0.2, 0) is 6.42 Å². The van der Waals surface area contributed by atoms with E-state index in [1.54, 1.807) is 20.3 Å². The highest BCUT2D eigenvalue weighted by Crippen LogP contribution is 2.11. The molecule has 2 heteroatoms. The molecule has 0 spiro atoms. The van der Waals surface area contributed by atoms with Crippen LogP contribution in [-0.4, -0.2) is 14.2 Å². The number of aryl methyl sites for hydroxylation is 1. The van der Waals surface area contributed by atoms with Crippen molar-refractivity contribution in [1.29, 1.82) is 0 Å². The van der Waals surface area contributed by atoms with Crippen LogP contribution < -0.4 is 9.47 Å². The molecular formula is C18H22O2. The number of methoxy groups -OCH3 is 2. The second kappa shape index (κ2) is 8.81. The van der Waals surface area contributed by atoms with E-state index in [2.05, 4.69) is 25.6 Å². The van der Waals surface area contributed by atoms with Crippen molar-refractivity contribution in [3.05, 3.63) is 66.2 Å².